The Morgan fingerprint density at radius 3 is 2.33 bits per heavy atom. The molecule has 1 heterocycles. The number of nitrogens with two attached hydrogens (primary N) is 1. The van der Waals surface area contributed by atoms with E-state index in [0.717, 1.165) is 49.1 Å². The molecule has 1 saturated heterocycles. The van der Waals surface area contributed by atoms with Gasteiger partial charge in [-0.2, -0.15) is 0 Å². The molecule has 3 N–H and O–H groups in total. The first-order valence-corrected chi connectivity index (χ1v) is 16.1. The highest BCUT2D eigenvalue weighted by atomic mass is 16.5. The second kappa shape index (κ2) is 11.5. The summed E-state index contributed by atoms with van der Waals surface area (Å²) in [6.45, 7) is 4.99. The van der Waals surface area contributed by atoms with E-state index in [1.807, 2.05) is 31.1 Å². The Morgan fingerprint density at radius 1 is 1.07 bits per heavy atom. The molecule has 2 aromatic rings. The number of ether oxygens (including phenoxy) is 1. The van der Waals surface area contributed by atoms with Gasteiger partial charge in [0, 0.05) is 50.1 Å². The summed E-state index contributed by atoms with van der Waals surface area (Å²) < 4.78 is 5.75. The van der Waals surface area contributed by atoms with Crippen molar-refractivity contribution in [1.29, 1.82) is 0 Å². The lowest BCUT2D eigenvalue weighted by Crippen LogP contribution is -2.74. The summed E-state index contributed by atoms with van der Waals surface area (Å²) in [6.07, 6.45) is 2.71. The highest BCUT2D eigenvalue weighted by molar-refractivity contribution is 6.33. The number of Topliss-reactive ketones (excluding diaryl/α,β-unsaturated/α-hetero) is 4. The number of hydrogen-bond acceptors (Lipinski definition) is 10. The molecule has 3 aliphatic carbocycles. The summed E-state index contributed by atoms with van der Waals surface area (Å²) in [5.74, 6) is -8.30. The topological polar surface area (TPSA) is 151 Å². The number of nitrogens with zero attached hydrogens (tertiary/aromatic N) is 3. The van der Waals surface area contributed by atoms with Gasteiger partial charge in [0.2, 0.25) is 5.91 Å². The van der Waals surface area contributed by atoms with Gasteiger partial charge < -0.3 is 20.5 Å². The number of carbonyl (C=O) groups excluding carboxylic acids is 5. The maximum atomic E-state index is 14.6. The first-order valence-electron chi connectivity index (χ1n) is 16.1. The monoisotopic (exact) mass is 632 g/mol. The number of amides is 1. The molecule has 246 valence electrons. The zero-order valence-corrected chi connectivity index (χ0v) is 27.5. The summed E-state index contributed by atoms with van der Waals surface area (Å²) >= 11 is 0. The molecule has 2 aromatic carbocycles. The van der Waals surface area contributed by atoms with E-state index in [2.05, 4.69) is 17.9 Å². The molecular formula is C35H44N4O7. The van der Waals surface area contributed by atoms with Gasteiger partial charge in [0.15, 0.2) is 34.7 Å². The SMILES string of the molecule is COC12C(=O)C(C(N)=O)C(=O)C(N(C)C)C1CC1Cc3c(c(O)c4cc(CN5CCC(C)CC5)ccc4c3N(C)C)C(=O)C1C2=O. The highest BCUT2D eigenvalue weighted by Crippen LogP contribution is 2.54. The van der Waals surface area contributed by atoms with Crippen molar-refractivity contribution in [3.05, 3.63) is 34.9 Å². The number of fused-ring (bicyclic) bond motifs is 4. The molecule has 0 aromatic heterocycles. The number of likely N-dealkylation sites (tertiary alicyclic amines) is 1. The fourth-order valence-corrected chi connectivity index (χ4v) is 8.92. The lowest BCUT2D eigenvalue weighted by atomic mass is 9.52. The molecule has 6 atom stereocenters. The molecular weight excluding hydrogens is 588 g/mol. The van der Waals surface area contributed by atoms with E-state index in [1.165, 1.54) is 7.11 Å². The van der Waals surface area contributed by atoms with Gasteiger partial charge in [-0.25, -0.2) is 0 Å². The Bertz CT molecular complexity index is 1660. The quantitative estimate of drug-likeness (QED) is 0.453. The van der Waals surface area contributed by atoms with Crippen LogP contribution in [0.25, 0.3) is 10.8 Å². The average Bonchev–Trinajstić information content (AvgIpc) is 2.98. The molecule has 0 spiro atoms. The standard InChI is InChI=1S/C35H44N4O7/c1-17-9-11-39(12-10-17)16-18-7-8-20-21(13-18)29(40)25-22(27(20)37(2)3)14-19-15-23-28(38(4)5)31(42)26(34(36)45)33(44)35(23,46-6)32(43)24(19)30(25)41/h7-8,13,17,19,23-24,26,28,40H,9-12,14-16H2,1-6H3,(H2,36,45). The van der Waals surface area contributed by atoms with Gasteiger partial charge in [-0.15, -0.1) is 0 Å². The zero-order chi connectivity index (χ0) is 33.4. The number of carbonyl (C=O) groups is 5. The number of phenols is 1. The maximum Gasteiger partial charge on any atom is 0.235 e. The minimum atomic E-state index is -2.20. The maximum absolute atomic E-state index is 14.6. The Morgan fingerprint density at radius 2 is 1.74 bits per heavy atom. The number of aromatic hydroxyl groups is 1. The minimum Gasteiger partial charge on any atom is -0.507 e. The molecule has 1 aliphatic heterocycles. The van der Waals surface area contributed by atoms with Crippen LogP contribution in [0.5, 0.6) is 5.75 Å². The summed E-state index contributed by atoms with van der Waals surface area (Å²) in [5, 5.41) is 13.1. The van der Waals surface area contributed by atoms with Gasteiger partial charge >= 0.3 is 0 Å². The summed E-state index contributed by atoms with van der Waals surface area (Å²) in [6, 6.07) is 4.99. The van der Waals surface area contributed by atoms with Crippen LogP contribution in [0.2, 0.25) is 0 Å². The molecule has 6 unspecified atom stereocenters. The van der Waals surface area contributed by atoms with E-state index in [4.69, 9.17) is 10.5 Å². The number of likely N-dealkylation sites (N-methyl/N-ethyl adjacent to an activating group) is 1. The van der Waals surface area contributed by atoms with E-state index >= 15 is 0 Å². The third-order valence-corrected chi connectivity index (χ3v) is 11.1. The third-order valence-electron chi connectivity index (χ3n) is 11.1. The number of anilines is 1. The van der Waals surface area contributed by atoms with Gasteiger partial charge in [0.05, 0.1) is 17.5 Å². The van der Waals surface area contributed by atoms with Gasteiger partial charge in [0.25, 0.3) is 0 Å². The molecule has 4 aliphatic rings. The summed E-state index contributed by atoms with van der Waals surface area (Å²) in [7, 11) is 8.26. The van der Waals surface area contributed by atoms with E-state index in [0.29, 0.717) is 16.9 Å². The average molecular weight is 633 g/mol. The molecule has 0 radical (unpaired) electrons. The molecule has 11 heteroatoms. The molecule has 6 rings (SSSR count). The lowest BCUT2D eigenvalue weighted by molar-refractivity contribution is -0.186. The van der Waals surface area contributed by atoms with Crippen molar-refractivity contribution in [2.75, 3.05) is 53.3 Å². The van der Waals surface area contributed by atoms with Gasteiger partial charge in [-0.05, 0) is 81.9 Å². The largest absolute Gasteiger partial charge is 0.507 e. The van der Waals surface area contributed by atoms with Crippen LogP contribution in [-0.2, 0) is 36.9 Å². The van der Waals surface area contributed by atoms with Crippen LogP contribution in [-0.4, -0.2) is 104 Å². The van der Waals surface area contributed by atoms with Crippen molar-refractivity contribution in [2.24, 2.45) is 35.3 Å². The number of methoxy groups -OCH3 is 1. The second-order valence-electron chi connectivity index (χ2n) is 14.2. The third kappa shape index (κ3) is 4.61. The normalized spacial score (nSPS) is 30.4. The van der Waals surface area contributed by atoms with E-state index in [-0.39, 0.29) is 24.2 Å². The molecule has 0 bridgehead atoms. The number of piperidine rings is 1. The van der Waals surface area contributed by atoms with E-state index in [1.54, 1.807) is 19.0 Å². The van der Waals surface area contributed by atoms with Crippen LogP contribution in [0.4, 0.5) is 5.69 Å². The molecule has 46 heavy (non-hydrogen) atoms. The number of ketones is 4. The number of primary amides is 1. The van der Waals surface area contributed by atoms with Crippen molar-refractivity contribution in [3.63, 3.8) is 0 Å². The smallest absolute Gasteiger partial charge is 0.235 e. The van der Waals surface area contributed by atoms with Crippen molar-refractivity contribution >= 4 is 45.5 Å². The zero-order valence-electron chi connectivity index (χ0n) is 27.5. The van der Waals surface area contributed by atoms with E-state index < -0.39 is 64.4 Å². The van der Waals surface area contributed by atoms with Crippen LogP contribution < -0.4 is 10.6 Å². The van der Waals surface area contributed by atoms with Crippen molar-refractivity contribution < 1.29 is 33.8 Å². The van der Waals surface area contributed by atoms with Crippen molar-refractivity contribution in [3.8, 4) is 5.75 Å². The number of phenolic OH excluding ortho intramolecular Hbond substituents is 1. The van der Waals surface area contributed by atoms with Crippen LogP contribution in [0, 0.1) is 29.6 Å². The molecule has 11 nitrogen and oxygen atoms in total. The van der Waals surface area contributed by atoms with Crippen molar-refractivity contribution in [1.82, 2.24) is 9.80 Å². The van der Waals surface area contributed by atoms with Gasteiger partial charge in [-0.1, -0.05) is 19.1 Å². The predicted octanol–water partition coefficient (Wildman–Crippen LogP) is 1.97. The Hall–Kier alpha value is -3.67. The predicted molar refractivity (Wildman–Crippen MR) is 172 cm³/mol. The fraction of sp³-hybridized carbons (Fsp3) is 0.571. The summed E-state index contributed by atoms with van der Waals surface area (Å²) in [4.78, 5) is 74.9. The molecule has 1 amide bonds. The first kappa shape index (κ1) is 32.3. The fourth-order valence-electron chi connectivity index (χ4n) is 8.92. The van der Waals surface area contributed by atoms with Gasteiger partial charge in [0.1, 0.15) is 5.75 Å². The first-order chi connectivity index (χ1) is 21.7. The van der Waals surface area contributed by atoms with Gasteiger partial charge in [-0.3, -0.25) is 33.8 Å². The van der Waals surface area contributed by atoms with Crippen molar-refractivity contribution in [2.45, 2.75) is 50.8 Å². The lowest BCUT2D eigenvalue weighted by Gasteiger charge is -2.54. The second-order valence-corrected chi connectivity index (χ2v) is 14.2. The Kier molecular flexibility index (Phi) is 8.10. The minimum absolute atomic E-state index is 0.0781. The van der Waals surface area contributed by atoms with Crippen LogP contribution >= 0.6 is 0 Å². The Balaban J connectivity index is 1.48. The van der Waals surface area contributed by atoms with Crippen LogP contribution in [0.15, 0.2) is 18.2 Å². The summed E-state index contributed by atoms with van der Waals surface area (Å²) in [5.41, 5.74) is 5.86. The van der Waals surface area contributed by atoms with E-state index in [9.17, 15) is 29.1 Å². The van der Waals surface area contributed by atoms with Crippen LogP contribution in [0.3, 0.4) is 0 Å². The van der Waals surface area contributed by atoms with Crippen LogP contribution in [0.1, 0.15) is 47.7 Å². The molecule has 3 fully saturated rings. The Labute approximate surface area is 269 Å². The number of rotatable bonds is 6. The number of hydrogen-bond donors (Lipinski definition) is 2. The number of benzene rings is 2. The molecule has 2 saturated carbocycles. The highest BCUT2D eigenvalue weighted by Gasteiger charge is 2.70.